The molecule has 1 aliphatic rings. The topological polar surface area (TPSA) is 112 Å². The van der Waals surface area contributed by atoms with Gasteiger partial charge >= 0.3 is 5.97 Å². The number of nitrogens with zero attached hydrogens (tertiary/aromatic N) is 5. The first-order valence-electron chi connectivity index (χ1n) is 17.6. The minimum absolute atomic E-state index is 0.0874. The molecule has 3 aromatic carbocycles. The summed E-state index contributed by atoms with van der Waals surface area (Å²) in [4.78, 5) is 40.8. The Hall–Kier alpha value is -5.06. The first-order valence-corrected chi connectivity index (χ1v) is 18.4. The molecular weight excluding hydrogens is 713 g/mol. The van der Waals surface area contributed by atoms with E-state index in [4.69, 9.17) is 33.0 Å². The average molecular weight is 755 g/mol. The zero-order valence-electron chi connectivity index (χ0n) is 30.8. The van der Waals surface area contributed by atoms with Crippen LogP contribution in [0.15, 0.2) is 42.5 Å². The molecule has 10 nitrogen and oxygen atoms in total. The molecule has 53 heavy (non-hydrogen) atoms. The van der Waals surface area contributed by atoms with E-state index in [2.05, 4.69) is 11.5 Å². The number of aromatic carboxylic acids is 1. The van der Waals surface area contributed by atoms with Gasteiger partial charge in [0, 0.05) is 65.7 Å². The number of carboxylic acid groups (broad SMARTS) is 1. The number of aromatic nitrogens is 4. The van der Waals surface area contributed by atoms with E-state index >= 15 is 4.79 Å². The van der Waals surface area contributed by atoms with E-state index in [1.807, 2.05) is 75.8 Å². The first-order chi connectivity index (χ1) is 25.2. The molecule has 0 spiro atoms. The number of halogens is 2. The van der Waals surface area contributed by atoms with Crippen LogP contribution in [0.1, 0.15) is 74.0 Å². The van der Waals surface area contributed by atoms with Crippen molar-refractivity contribution in [2.75, 3.05) is 18.1 Å². The molecule has 274 valence electrons. The predicted octanol–water partition coefficient (Wildman–Crippen LogP) is 8.75. The molecule has 1 amide bonds. The summed E-state index contributed by atoms with van der Waals surface area (Å²) in [5.41, 5.74) is 9.69. The number of amides is 1. The zero-order valence-corrected chi connectivity index (χ0v) is 32.3. The summed E-state index contributed by atoms with van der Waals surface area (Å²) in [6.45, 7) is 10.7. The molecule has 1 N–H and O–H groups in total. The Morgan fingerprint density at radius 1 is 1.02 bits per heavy atom. The minimum Gasteiger partial charge on any atom is -0.494 e. The maximum Gasteiger partial charge on any atom is 0.352 e. The maximum absolute atomic E-state index is 15.2. The summed E-state index contributed by atoms with van der Waals surface area (Å²) in [6, 6.07) is 12.8. The number of fused-ring (bicyclic) bond motifs is 4. The average Bonchev–Trinajstić information content (AvgIpc) is 3.71. The molecule has 0 aliphatic carbocycles. The van der Waals surface area contributed by atoms with E-state index in [0.29, 0.717) is 58.9 Å². The summed E-state index contributed by atoms with van der Waals surface area (Å²) < 4.78 is 11.8. The Labute approximate surface area is 317 Å². The molecule has 12 heteroatoms. The number of hydrogen-bond donors (Lipinski definition) is 1. The highest BCUT2D eigenvalue weighted by Crippen LogP contribution is 2.46. The second-order valence-corrected chi connectivity index (χ2v) is 14.9. The number of anilines is 1. The lowest BCUT2D eigenvalue weighted by atomic mass is 9.98. The molecule has 0 saturated carbocycles. The summed E-state index contributed by atoms with van der Waals surface area (Å²) in [5.74, 6) is -0.560. The third-order valence-corrected chi connectivity index (χ3v) is 11.5. The van der Waals surface area contributed by atoms with Gasteiger partial charge in [0.1, 0.15) is 23.4 Å². The smallest absolute Gasteiger partial charge is 0.352 e. The second-order valence-electron chi connectivity index (χ2n) is 14.1. The number of aldehydes is 1. The van der Waals surface area contributed by atoms with Gasteiger partial charge in [-0.15, -0.1) is 0 Å². The Kier molecular flexibility index (Phi) is 9.41. The van der Waals surface area contributed by atoms with Gasteiger partial charge in [0.05, 0.1) is 34.0 Å². The van der Waals surface area contributed by atoms with Crippen molar-refractivity contribution in [3.8, 4) is 16.9 Å². The molecule has 0 saturated heterocycles. The van der Waals surface area contributed by atoms with Crippen molar-refractivity contribution in [2.45, 2.75) is 59.9 Å². The first kappa shape index (κ1) is 36.3. The van der Waals surface area contributed by atoms with Gasteiger partial charge in [-0.25, -0.2) is 4.79 Å². The summed E-state index contributed by atoms with van der Waals surface area (Å²) in [7, 11) is 3.59. The lowest BCUT2D eigenvalue weighted by molar-refractivity contribution is -0.107. The van der Waals surface area contributed by atoms with E-state index in [1.54, 1.807) is 22.6 Å². The van der Waals surface area contributed by atoms with E-state index < -0.39 is 5.97 Å². The molecule has 3 aromatic heterocycles. The monoisotopic (exact) mass is 753 g/mol. The van der Waals surface area contributed by atoms with Crippen LogP contribution >= 0.6 is 23.2 Å². The highest BCUT2D eigenvalue weighted by molar-refractivity contribution is 6.35. The minimum atomic E-state index is -1.08. The number of ether oxygens (including phenoxy) is 1. The lowest BCUT2D eigenvalue weighted by Crippen LogP contribution is -2.43. The SMILES string of the molecule is Cc1cc(OCCCc2c3n(c4c(-c5c(C)nn(C)c5C)c(Cl)ccc24)C(C)CN(c2cc(CC=O)cc4cc(C(=O)O)n(C)c24)C3=O)cc(C)c1Cl. The Balaban J connectivity index is 1.41. The summed E-state index contributed by atoms with van der Waals surface area (Å²) >= 11 is 13.5. The molecule has 4 heterocycles. The van der Waals surface area contributed by atoms with Crippen molar-refractivity contribution in [1.82, 2.24) is 18.9 Å². The Bertz CT molecular complexity index is 2480. The highest BCUT2D eigenvalue weighted by atomic mass is 35.5. The van der Waals surface area contributed by atoms with Crippen LogP contribution in [-0.2, 0) is 31.7 Å². The van der Waals surface area contributed by atoms with Gasteiger partial charge in [-0.3, -0.25) is 9.48 Å². The third kappa shape index (κ3) is 5.98. The normalized spacial score (nSPS) is 14.4. The van der Waals surface area contributed by atoms with Crippen molar-refractivity contribution in [1.29, 1.82) is 0 Å². The number of benzene rings is 3. The van der Waals surface area contributed by atoms with Gasteiger partial charge in [-0.1, -0.05) is 29.3 Å². The standard InChI is InChI=1S/C41H41Cl2N5O5/c1-21-15-28(16-22(2)36(21)43)53-14-8-9-29-30-10-11-31(42)35(34-24(4)44-46(7)25(34)5)38(30)48-23(3)20-47(40(50)39(29)48)32-18-26(12-13-49)17-27-19-33(41(51)52)45(6)37(27)32/h10-11,13,15-19,23H,8-9,12,14,20H2,1-7H3,(H,51,52). The van der Waals surface area contributed by atoms with Crippen LogP contribution < -0.4 is 9.64 Å². The van der Waals surface area contributed by atoms with E-state index in [0.717, 1.165) is 67.2 Å². The van der Waals surface area contributed by atoms with E-state index in [1.165, 1.54) is 0 Å². The van der Waals surface area contributed by atoms with Crippen LogP contribution in [-0.4, -0.2) is 55.3 Å². The molecule has 0 radical (unpaired) electrons. The predicted molar refractivity (Wildman–Crippen MR) is 209 cm³/mol. The Morgan fingerprint density at radius 2 is 1.74 bits per heavy atom. The van der Waals surface area contributed by atoms with Gasteiger partial charge < -0.3 is 28.7 Å². The van der Waals surface area contributed by atoms with Crippen LogP contribution in [0.2, 0.25) is 10.0 Å². The van der Waals surface area contributed by atoms with Gasteiger partial charge in [0.2, 0.25) is 0 Å². The van der Waals surface area contributed by atoms with Gasteiger partial charge in [-0.05, 0) is 106 Å². The molecule has 7 rings (SSSR count). The van der Waals surface area contributed by atoms with Crippen molar-refractivity contribution in [3.63, 3.8) is 0 Å². The molecule has 1 aliphatic heterocycles. The van der Waals surface area contributed by atoms with Gasteiger partial charge in [0.15, 0.2) is 0 Å². The number of carboxylic acids is 1. The van der Waals surface area contributed by atoms with Crippen LogP contribution in [0.3, 0.4) is 0 Å². The van der Waals surface area contributed by atoms with E-state index in [9.17, 15) is 14.7 Å². The highest BCUT2D eigenvalue weighted by Gasteiger charge is 2.38. The molecule has 6 aromatic rings. The van der Waals surface area contributed by atoms with Gasteiger partial charge in [0.25, 0.3) is 5.91 Å². The van der Waals surface area contributed by atoms with E-state index in [-0.39, 0.29) is 24.1 Å². The molecule has 1 atom stereocenters. The van der Waals surface area contributed by atoms with Gasteiger partial charge in [-0.2, -0.15) is 5.10 Å². The summed E-state index contributed by atoms with van der Waals surface area (Å²) in [5, 5.41) is 17.5. The molecule has 0 fully saturated rings. The maximum atomic E-state index is 15.2. The van der Waals surface area contributed by atoms with Crippen LogP contribution in [0.4, 0.5) is 5.69 Å². The molecular formula is C41H41Cl2N5O5. The molecule has 1 unspecified atom stereocenters. The number of carbonyl (C=O) groups excluding carboxylic acids is 2. The summed E-state index contributed by atoms with van der Waals surface area (Å²) in [6.07, 6.45) is 2.10. The zero-order chi connectivity index (χ0) is 38.0. The van der Waals surface area contributed by atoms with Crippen LogP contribution in [0.25, 0.3) is 32.9 Å². The number of rotatable bonds is 10. The fourth-order valence-electron chi connectivity index (χ4n) is 8.10. The van der Waals surface area contributed by atoms with Crippen molar-refractivity contribution >= 4 is 68.9 Å². The van der Waals surface area contributed by atoms with Crippen LogP contribution in [0.5, 0.6) is 5.75 Å². The second kappa shape index (κ2) is 13.7. The van der Waals surface area contributed by atoms with Crippen molar-refractivity contribution in [2.24, 2.45) is 14.1 Å². The van der Waals surface area contributed by atoms with Crippen molar-refractivity contribution in [3.05, 3.63) is 97.5 Å². The lowest BCUT2D eigenvalue weighted by Gasteiger charge is -2.35. The number of hydrogen-bond acceptors (Lipinski definition) is 5. The quantitative estimate of drug-likeness (QED) is 0.111. The largest absolute Gasteiger partial charge is 0.494 e. The number of carbonyl (C=O) groups is 3. The third-order valence-electron chi connectivity index (χ3n) is 10.6. The van der Waals surface area contributed by atoms with Crippen LogP contribution in [0, 0.1) is 27.7 Å². The molecule has 0 bridgehead atoms. The fourth-order valence-corrected chi connectivity index (χ4v) is 8.46. The fraction of sp³-hybridized carbons (Fsp3) is 0.317. The van der Waals surface area contributed by atoms with Crippen molar-refractivity contribution < 1.29 is 24.2 Å². The number of aryl methyl sites for hydroxylation is 6. The Morgan fingerprint density at radius 3 is 2.38 bits per heavy atom.